The molecule has 4 fully saturated rings. The van der Waals surface area contributed by atoms with Crippen LogP contribution in [-0.2, 0) is 44.1 Å². The summed E-state index contributed by atoms with van der Waals surface area (Å²) < 4.78 is 45.9. The minimum absolute atomic E-state index is 0.0199. The van der Waals surface area contributed by atoms with Gasteiger partial charge in [-0.25, -0.2) is 9.00 Å². The fraction of sp³-hybridized carbons (Fsp3) is 0.841. The van der Waals surface area contributed by atoms with E-state index < -0.39 is 68.0 Å². The molecule has 0 spiro atoms. The van der Waals surface area contributed by atoms with Gasteiger partial charge in [-0.2, -0.15) is 0 Å². The molecule has 2 saturated carbocycles. The van der Waals surface area contributed by atoms with E-state index in [-0.39, 0.29) is 47.6 Å². The van der Waals surface area contributed by atoms with Crippen LogP contribution >= 0.6 is 27.7 Å². The van der Waals surface area contributed by atoms with Gasteiger partial charge in [-0.05, 0) is 120 Å². The molecule has 2 aliphatic carbocycles. The Morgan fingerprint density at radius 3 is 2.33 bits per heavy atom. The number of hydrogen-bond acceptors (Lipinski definition) is 14. The number of ketones is 1. The maximum atomic E-state index is 14.7. The van der Waals surface area contributed by atoms with E-state index in [1.54, 1.807) is 6.92 Å². The van der Waals surface area contributed by atoms with Crippen LogP contribution in [-0.4, -0.2) is 153 Å². The van der Waals surface area contributed by atoms with Gasteiger partial charge in [-0.1, -0.05) is 41.4 Å². The number of halogens is 1. The summed E-state index contributed by atoms with van der Waals surface area (Å²) in [5.41, 5.74) is -2.61. The quantitative estimate of drug-likeness (QED) is 0.187. The van der Waals surface area contributed by atoms with Gasteiger partial charge in [0.2, 0.25) is 0 Å². The molecule has 5 heterocycles. The maximum Gasteiger partial charge on any atom is 0.332 e. The van der Waals surface area contributed by atoms with E-state index in [1.807, 2.05) is 6.92 Å². The monoisotopic (exact) mass is 942 g/mol. The molecule has 340 valence electrons. The largest absolute Gasteiger partial charge is 0.459 e. The number of allylic oxidation sites excluding steroid dienone is 1. The first kappa shape index (κ1) is 48.3. The first-order chi connectivity index (χ1) is 28.1. The Kier molecular flexibility index (Phi) is 15.4. The highest BCUT2D eigenvalue weighted by atomic mass is 79.9. The summed E-state index contributed by atoms with van der Waals surface area (Å²) in [6.45, 7) is 14.1. The normalized spacial score (nSPS) is 47.6. The van der Waals surface area contributed by atoms with E-state index in [1.165, 1.54) is 24.9 Å². The fourth-order valence-electron chi connectivity index (χ4n) is 10.5. The Bertz CT molecular complexity index is 1710. The Labute approximate surface area is 373 Å². The number of alkyl halides is 1. The predicted octanol–water partition coefficient (Wildman–Crippen LogP) is 5.55. The molecular formula is C44H71BrN4O9S2. The molecule has 0 amide bonds. The Balaban J connectivity index is 1.37. The van der Waals surface area contributed by atoms with E-state index in [2.05, 4.69) is 99.9 Å². The highest BCUT2D eigenvalue weighted by molar-refractivity contribution is 9.10. The van der Waals surface area contributed by atoms with E-state index in [0.717, 1.165) is 37.7 Å². The molecule has 13 nitrogen and oxygen atoms in total. The summed E-state index contributed by atoms with van der Waals surface area (Å²) in [5.74, 6) is -0.384. The standard InChI is InChI=1S/C44H71BrN4O9S2/c1-24-13-17-34(50)44(7,58-28-14-15-31(48(8)9)25(2)20-28)35(51)22-37-47-43(6,41(54-12)60(37)53)40-46-30(23-59-40)39(52)57-36-21-33(29(19-24)26(3)42(36,5)45)56-38-18-16-32(49(10)11)27(4)55-38/h19,22,25-34,36,38,41,47,50H,13-18,20-21,23H2,1-12H3/b24-19-,37-22-/t25-,26+,27+,28-,29+,30-,31-,32-,33+,34+,36+,38-,41-,42-,43-,44+,60?/m0/s1. The number of carbonyl (C=O) groups excluding carboxylic acids is 2. The summed E-state index contributed by atoms with van der Waals surface area (Å²) in [5, 5.41) is 16.2. The maximum absolute atomic E-state index is 14.7. The SMILES string of the molecule is CO[C@H]1S(=O)/C2=C\C(=O)[C@](C)(O[C@H]3CC[C@H](N(C)C)[C@@H](C)C3)[C@H](O)CC/C(C)=C\[C@@H]3[C@@H](C)[C@](C)(Br)[C@@H](C[C@H]3O[C@H]3CC[C@H](N(C)C)[C@@H](C)O3)OC(=O)[C@@H]3CSC(=N3)[C@]1(C)N2. The minimum atomic E-state index is -1.80. The van der Waals surface area contributed by atoms with Crippen LogP contribution in [0.25, 0.3) is 0 Å². The highest BCUT2D eigenvalue weighted by Gasteiger charge is 2.56. The van der Waals surface area contributed by atoms with Gasteiger partial charge in [0.05, 0.1) is 33.8 Å². The number of hydrogen-bond donors (Lipinski definition) is 2. The Hall–Kier alpha value is -1.21. The number of methoxy groups -OCH3 is 1. The molecule has 17 atom stereocenters. The van der Waals surface area contributed by atoms with Gasteiger partial charge in [0.25, 0.3) is 0 Å². The van der Waals surface area contributed by atoms with E-state index in [0.29, 0.717) is 35.6 Å². The molecular weight excluding hydrogens is 873 g/mol. The summed E-state index contributed by atoms with van der Waals surface area (Å²) in [6.07, 6.45) is 6.11. The van der Waals surface area contributed by atoms with E-state index in [9.17, 15) is 18.9 Å². The Morgan fingerprint density at radius 1 is 1.02 bits per heavy atom. The van der Waals surface area contributed by atoms with Crippen LogP contribution < -0.4 is 5.32 Å². The number of nitrogens with zero attached hydrogens (tertiary/aromatic N) is 3. The molecule has 6 bridgehead atoms. The van der Waals surface area contributed by atoms with Crippen LogP contribution in [0, 0.1) is 17.8 Å². The van der Waals surface area contributed by atoms with Crippen LogP contribution in [0.1, 0.15) is 99.8 Å². The van der Waals surface area contributed by atoms with Gasteiger partial charge < -0.3 is 43.9 Å². The minimum Gasteiger partial charge on any atom is -0.459 e. The van der Waals surface area contributed by atoms with Gasteiger partial charge in [0, 0.05) is 43.4 Å². The summed E-state index contributed by atoms with van der Waals surface area (Å²) in [6, 6.07) is -0.113. The molecule has 16 heteroatoms. The number of rotatable bonds is 7. The lowest BCUT2D eigenvalue weighted by Crippen LogP contribution is -2.56. The number of aliphatic imine (C=N–C) groups is 1. The third-order valence-corrected chi connectivity index (χ3v) is 18.7. The van der Waals surface area contributed by atoms with Gasteiger partial charge in [-0.3, -0.25) is 9.79 Å². The fourth-order valence-corrected chi connectivity index (χ4v) is 13.9. The van der Waals surface area contributed by atoms with Gasteiger partial charge in [0.1, 0.15) is 27.5 Å². The first-order valence-corrected chi connectivity index (χ1v) is 24.8. The van der Waals surface area contributed by atoms with Crippen LogP contribution in [0.4, 0.5) is 0 Å². The molecule has 7 aliphatic rings. The molecule has 60 heavy (non-hydrogen) atoms. The molecule has 5 aliphatic heterocycles. The summed E-state index contributed by atoms with van der Waals surface area (Å²) >= 11 is 5.43. The van der Waals surface area contributed by atoms with Crippen LogP contribution in [0.3, 0.4) is 0 Å². The predicted molar refractivity (Wildman–Crippen MR) is 240 cm³/mol. The van der Waals surface area contributed by atoms with Crippen molar-refractivity contribution in [3.05, 3.63) is 22.8 Å². The third kappa shape index (κ3) is 9.73. The van der Waals surface area contributed by atoms with Gasteiger partial charge in [0.15, 0.2) is 29.2 Å². The Morgan fingerprint density at radius 2 is 1.70 bits per heavy atom. The number of ether oxygens (including phenoxy) is 5. The number of aliphatic hydroxyl groups is 1. The van der Waals surface area contributed by atoms with Crippen molar-refractivity contribution in [2.45, 2.75) is 176 Å². The summed E-state index contributed by atoms with van der Waals surface area (Å²) in [7, 11) is 8.00. The smallest absolute Gasteiger partial charge is 0.332 e. The third-order valence-electron chi connectivity index (χ3n) is 14.5. The van der Waals surface area contributed by atoms with Crippen molar-refractivity contribution in [1.82, 2.24) is 15.1 Å². The van der Waals surface area contributed by atoms with Crippen molar-refractivity contribution in [1.29, 1.82) is 0 Å². The van der Waals surface area contributed by atoms with Crippen molar-refractivity contribution >= 4 is 55.3 Å². The van der Waals surface area contributed by atoms with E-state index in [4.69, 9.17) is 28.7 Å². The number of aliphatic hydroxyl groups excluding tert-OH is 1. The lowest BCUT2D eigenvalue weighted by molar-refractivity contribution is -0.242. The lowest BCUT2D eigenvalue weighted by Gasteiger charge is -2.50. The second-order valence-electron chi connectivity index (χ2n) is 19.3. The summed E-state index contributed by atoms with van der Waals surface area (Å²) in [4.78, 5) is 38.1. The van der Waals surface area contributed by atoms with E-state index >= 15 is 0 Å². The molecule has 0 aromatic heterocycles. The van der Waals surface area contributed by atoms with Gasteiger partial charge >= 0.3 is 5.97 Å². The molecule has 7 rings (SSSR count). The second-order valence-corrected chi connectivity index (χ2v) is 23.5. The van der Waals surface area contributed by atoms with Crippen molar-refractivity contribution in [3.63, 3.8) is 0 Å². The highest BCUT2D eigenvalue weighted by Crippen LogP contribution is 2.49. The second kappa shape index (κ2) is 19.1. The number of esters is 1. The molecule has 0 aromatic carbocycles. The molecule has 0 aromatic rings. The van der Waals surface area contributed by atoms with Crippen molar-refractivity contribution in [3.8, 4) is 0 Å². The van der Waals surface area contributed by atoms with Crippen LogP contribution in [0.5, 0.6) is 0 Å². The number of carbonyl (C=O) groups is 2. The van der Waals surface area contributed by atoms with Crippen molar-refractivity contribution in [2.24, 2.45) is 22.7 Å². The number of fused-ring (bicyclic) bond motifs is 9. The molecule has 0 radical (unpaired) electrons. The zero-order valence-electron chi connectivity index (χ0n) is 37.8. The van der Waals surface area contributed by atoms with Crippen molar-refractivity contribution in [2.75, 3.05) is 41.1 Å². The van der Waals surface area contributed by atoms with Crippen LogP contribution in [0.15, 0.2) is 27.7 Å². The number of likely N-dealkylation sites (N-methyl/N-ethyl adjacent to an activating group) is 1. The van der Waals surface area contributed by atoms with Crippen LogP contribution in [0.2, 0.25) is 0 Å². The number of thioether (sulfide) groups is 1. The van der Waals surface area contributed by atoms with Crippen molar-refractivity contribution < 1.29 is 42.6 Å². The molecule has 2 saturated heterocycles. The molecule has 2 N–H and O–H groups in total. The number of nitrogens with one attached hydrogen (secondary N) is 1. The lowest BCUT2D eigenvalue weighted by atomic mass is 9.69. The average molecular weight is 944 g/mol. The average Bonchev–Trinajstić information content (AvgIpc) is 3.77. The molecule has 1 unspecified atom stereocenters. The van der Waals surface area contributed by atoms with Gasteiger partial charge in [-0.15, -0.1) is 11.8 Å². The zero-order chi connectivity index (χ0) is 44.1. The zero-order valence-corrected chi connectivity index (χ0v) is 41.0. The topological polar surface area (TPSA) is 148 Å². The first-order valence-electron chi connectivity index (χ1n) is 21.9.